The van der Waals surface area contributed by atoms with Gasteiger partial charge in [-0.3, -0.25) is 0 Å². The minimum absolute atomic E-state index is 0.350. The van der Waals surface area contributed by atoms with Crippen LogP contribution in [-0.4, -0.2) is 36.3 Å². The van der Waals surface area contributed by atoms with E-state index in [2.05, 4.69) is 12.6 Å². The number of para-hydroxylation sites is 1. The Labute approximate surface area is 122 Å². The van der Waals surface area contributed by atoms with E-state index in [0.29, 0.717) is 6.61 Å². The molecule has 0 aliphatic carbocycles. The molecule has 0 atom stereocenters. The highest BCUT2D eigenvalue weighted by Gasteiger charge is 2.09. The first-order valence-corrected chi connectivity index (χ1v) is 8.42. The third-order valence-electron chi connectivity index (χ3n) is 2.99. The van der Waals surface area contributed by atoms with Gasteiger partial charge in [0.05, 0.1) is 30.3 Å². The molecule has 1 aromatic carbocycles. The van der Waals surface area contributed by atoms with Crippen LogP contribution < -0.4 is 14.7 Å². The molecular weight excluding hydrogens is 272 g/mol. The van der Waals surface area contributed by atoms with Crippen molar-refractivity contribution < 1.29 is 19.0 Å². The second-order valence-electron chi connectivity index (χ2n) is 4.33. The summed E-state index contributed by atoms with van der Waals surface area (Å²) in [6, 6.07) is 7.15. The summed E-state index contributed by atoms with van der Waals surface area (Å²) in [5.74, 6) is 1.30. The molecule has 0 unspecified atom stereocenters. The smallest absolute Gasteiger partial charge is 0.330 e. The highest BCUT2D eigenvalue weighted by atomic mass is 28.2. The average molecular weight is 294 g/mol. The maximum atomic E-state index is 10.9. The van der Waals surface area contributed by atoms with E-state index < -0.39 is 9.52 Å². The summed E-state index contributed by atoms with van der Waals surface area (Å²) in [7, 11) is 2.92. The summed E-state index contributed by atoms with van der Waals surface area (Å²) < 4.78 is 15.7. The van der Waals surface area contributed by atoms with Crippen LogP contribution in [0.25, 0.3) is 0 Å². The number of carbonyl (C=O) groups is 1. The topological polar surface area (TPSA) is 44.8 Å². The van der Waals surface area contributed by atoms with Crippen molar-refractivity contribution in [3.05, 3.63) is 30.9 Å². The Bertz CT molecular complexity index is 445. The molecule has 0 bridgehead atoms. The van der Waals surface area contributed by atoms with Crippen molar-refractivity contribution in [1.82, 2.24) is 0 Å². The fourth-order valence-electron chi connectivity index (χ4n) is 1.98. The predicted molar refractivity (Wildman–Crippen MR) is 82.9 cm³/mol. The number of carbonyl (C=O) groups excluding carboxylic acids is 1. The minimum Gasteiger partial charge on any atom is -0.493 e. The van der Waals surface area contributed by atoms with Crippen molar-refractivity contribution >= 4 is 20.7 Å². The summed E-state index contributed by atoms with van der Waals surface area (Å²) in [5.41, 5.74) is 0. The lowest BCUT2D eigenvalue weighted by Gasteiger charge is -2.12. The van der Waals surface area contributed by atoms with Gasteiger partial charge < -0.3 is 14.2 Å². The van der Waals surface area contributed by atoms with Gasteiger partial charge in [0, 0.05) is 6.08 Å². The summed E-state index contributed by atoms with van der Waals surface area (Å²) in [6.45, 7) is 3.82. The van der Waals surface area contributed by atoms with Crippen LogP contribution in [0.1, 0.15) is 12.8 Å². The lowest BCUT2D eigenvalue weighted by molar-refractivity contribution is -0.137. The van der Waals surface area contributed by atoms with E-state index in [1.807, 2.05) is 12.1 Å². The second kappa shape index (κ2) is 9.20. The zero-order valence-electron chi connectivity index (χ0n) is 12.2. The molecule has 0 fully saturated rings. The van der Waals surface area contributed by atoms with Gasteiger partial charge in [0.1, 0.15) is 0 Å². The Balaban J connectivity index is 2.35. The largest absolute Gasteiger partial charge is 0.493 e. The molecule has 0 aliphatic heterocycles. The minimum atomic E-state index is -0.400. The Kier molecular flexibility index (Phi) is 7.50. The van der Waals surface area contributed by atoms with Crippen molar-refractivity contribution in [2.45, 2.75) is 18.9 Å². The third kappa shape index (κ3) is 5.09. The highest BCUT2D eigenvalue weighted by Crippen LogP contribution is 2.23. The van der Waals surface area contributed by atoms with Crippen LogP contribution in [0.3, 0.4) is 0 Å². The van der Waals surface area contributed by atoms with Crippen LogP contribution in [0.15, 0.2) is 30.9 Å². The van der Waals surface area contributed by atoms with Crippen molar-refractivity contribution in [2.24, 2.45) is 0 Å². The molecule has 5 heteroatoms. The molecule has 0 saturated heterocycles. The molecule has 0 aliphatic rings. The first kappa shape index (κ1) is 16.3. The Morgan fingerprint density at radius 3 is 2.75 bits per heavy atom. The summed E-state index contributed by atoms with van der Waals surface area (Å²) in [5, 5.41) is 1.27. The number of unbranched alkanes of at least 4 members (excludes halogenated alkanes) is 1. The molecule has 1 aromatic rings. The fraction of sp³-hybridized carbons (Fsp3) is 0.400. The molecular formula is C15H22O4Si. The van der Waals surface area contributed by atoms with E-state index in [4.69, 9.17) is 14.2 Å². The van der Waals surface area contributed by atoms with E-state index in [9.17, 15) is 4.79 Å². The first-order valence-electron chi connectivity index (χ1n) is 6.72. The van der Waals surface area contributed by atoms with Crippen LogP contribution in [0.2, 0.25) is 6.04 Å². The lowest BCUT2D eigenvalue weighted by atomic mass is 10.3. The Morgan fingerprint density at radius 2 is 2.10 bits per heavy atom. The molecule has 0 heterocycles. The molecule has 0 saturated carbocycles. The number of rotatable bonds is 9. The predicted octanol–water partition coefficient (Wildman–Crippen LogP) is 1.43. The molecule has 4 nitrogen and oxygen atoms in total. The molecule has 0 radical (unpaired) electrons. The van der Waals surface area contributed by atoms with Crippen molar-refractivity contribution in [3.63, 3.8) is 0 Å². The van der Waals surface area contributed by atoms with Gasteiger partial charge >= 0.3 is 5.97 Å². The number of benzene rings is 1. The highest BCUT2D eigenvalue weighted by molar-refractivity contribution is 6.54. The van der Waals surface area contributed by atoms with Crippen LogP contribution in [0, 0.1) is 0 Å². The Hall–Kier alpha value is -1.75. The quantitative estimate of drug-likeness (QED) is 0.299. The normalized spacial score (nSPS) is 10.5. The van der Waals surface area contributed by atoms with Crippen LogP contribution in [0.5, 0.6) is 11.5 Å². The molecule has 1 rings (SSSR count). The van der Waals surface area contributed by atoms with Crippen LogP contribution >= 0.6 is 0 Å². The van der Waals surface area contributed by atoms with Gasteiger partial charge in [0.2, 0.25) is 0 Å². The third-order valence-corrected chi connectivity index (χ3v) is 4.93. The van der Waals surface area contributed by atoms with Gasteiger partial charge in [-0.05, 0) is 17.7 Å². The summed E-state index contributed by atoms with van der Waals surface area (Å²) >= 11 is 0. The van der Waals surface area contributed by atoms with Crippen LogP contribution in [0.4, 0.5) is 0 Å². The fourth-order valence-corrected chi connectivity index (χ4v) is 3.81. The van der Waals surface area contributed by atoms with E-state index in [-0.39, 0.29) is 5.97 Å². The van der Waals surface area contributed by atoms with Gasteiger partial charge in [-0.15, -0.1) is 0 Å². The molecule has 0 N–H and O–H groups in total. The number of esters is 1. The number of methoxy groups -OCH3 is 2. The van der Waals surface area contributed by atoms with Gasteiger partial charge in [-0.1, -0.05) is 31.2 Å². The molecule has 110 valence electrons. The van der Waals surface area contributed by atoms with Gasteiger partial charge in [0.15, 0.2) is 11.5 Å². The average Bonchev–Trinajstić information content (AvgIpc) is 2.49. The van der Waals surface area contributed by atoms with E-state index in [0.717, 1.165) is 30.4 Å². The first-order chi connectivity index (χ1) is 9.72. The van der Waals surface area contributed by atoms with Gasteiger partial charge in [-0.2, -0.15) is 0 Å². The maximum Gasteiger partial charge on any atom is 0.330 e. The zero-order chi connectivity index (χ0) is 14.8. The zero-order valence-corrected chi connectivity index (χ0v) is 13.6. The van der Waals surface area contributed by atoms with Crippen molar-refractivity contribution in [3.8, 4) is 11.5 Å². The van der Waals surface area contributed by atoms with E-state index >= 15 is 0 Å². The van der Waals surface area contributed by atoms with Crippen LogP contribution in [-0.2, 0) is 9.53 Å². The molecule has 20 heavy (non-hydrogen) atoms. The van der Waals surface area contributed by atoms with Crippen molar-refractivity contribution in [2.75, 3.05) is 20.8 Å². The number of hydrogen-bond acceptors (Lipinski definition) is 4. The lowest BCUT2D eigenvalue weighted by Crippen LogP contribution is -2.17. The summed E-state index contributed by atoms with van der Waals surface area (Å²) in [4.78, 5) is 10.9. The molecule has 0 aromatic heterocycles. The molecule has 0 spiro atoms. The number of ether oxygens (including phenoxy) is 3. The monoisotopic (exact) mass is 294 g/mol. The Morgan fingerprint density at radius 1 is 1.30 bits per heavy atom. The van der Waals surface area contributed by atoms with Gasteiger partial charge in [0.25, 0.3) is 0 Å². The second-order valence-corrected chi connectivity index (χ2v) is 6.30. The number of hydrogen-bond donors (Lipinski definition) is 0. The van der Waals surface area contributed by atoms with E-state index in [1.165, 1.54) is 11.3 Å². The van der Waals surface area contributed by atoms with E-state index in [1.54, 1.807) is 14.2 Å². The standard InChI is InChI=1S/C15H22O4Si/c1-4-14(16)19-10-5-6-11-20-13-9-7-8-12(17-2)15(13)18-3/h4,7-9H,1,5-6,10-11,20H2,2-3H3. The molecule has 0 amide bonds. The van der Waals surface area contributed by atoms with Gasteiger partial charge in [-0.25, -0.2) is 4.79 Å². The van der Waals surface area contributed by atoms with Crippen molar-refractivity contribution in [1.29, 1.82) is 0 Å². The SMILES string of the molecule is C=CC(=O)OCCCC[SiH2]c1cccc(OC)c1OC. The maximum absolute atomic E-state index is 10.9. The summed E-state index contributed by atoms with van der Waals surface area (Å²) in [6.07, 6.45) is 3.13.